The van der Waals surface area contributed by atoms with E-state index in [4.69, 9.17) is 9.88 Å². The molecule has 0 saturated heterocycles. The van der Waals surface area contributed by atoms with Crippen molar-refractivity contribution in [2.24, 2.45) is 5.14 Å². The molecule has 0 spiro atoms. The molecule has 0 aliphatic carbocycles. The highest BCUT2D eigenvalue weighted by Gasteiger charge is 2.12. The van der Waals surface area contributed by atoms with Gasteiger partial charge in [-0.1, -0.05) is 31.4 Å². The van der Waals surface area contributed by atoms with Crippen LogP contribution in [-0.2, 0) is 37.3 Å². The topological polar surface area (TPSA) is 161 Å². The van der Waals surface area contributed by atoms with Gasteiger partial charge in [0.2, 0.25) is 10.0 Å². The van der Waals surface area contributed by atoms with Gasteiger partial charge in [0.25, 0.3) is 6.47 Å². The molecular weight excluding hydrogens is 486 g/mol. The molecule has 0 saturated carbocycles. The third-order valence-corrected chi connectivity index (χ3v) is 6.47. The highest BCUT2D eigenvalue weighted by atomic mass is 32.2. The monoisotopic (exact) mass is 523 g/mol. The van der Waals surface area contributed by atoms with Crippen molar-refractivity contribution < 1.29 is 32.9 Å². The molecule has 0 aliphatic heterocycles. The minimum Gasteiger partial charge on any atom is -0.506 e. The number of hydrogen-bond donors (Lipinski definition) is 4. The number of unbranched alkanes of at least 4 members (excludes halogenated alkanes) is 4. The lowest BCUT2D eigenvalue weighted by Gasteiger charge is -2.13. The maximum Gasteiger partial charge on any atom is 0.293 e. The summed E-state index contributed by atoms with van der Waals surface area (Å²) in [5.41, 5.74) is 1.54. The van der Waals surface area contributed by atoms with Crippen LogP contribution in [0.3, 0.4) is 0 Å². The number of rotatable bonds is 19. The second kappa shape index (κ2) is 16.2. The molecule has 0 aliphatic rings. The number of pyridine rings is 1. The summed E-state index contributed by atoms with van der Waals surface area (Å²) in [6, 6.07) is 9.66. The lowest BCUT2D eigenvalue weighted by atomic mass is 10.1. The number of carbonyl (C=O) groups is 1. The van der Waals surface area contributed by atoms with E-state index in [1.807, 2.05) is 6.07 Å². The Balaban J connectivity index is 1.45. The lowest BCUT2D eigenvalue weighted by Crippen LogP contribution is -2.23. The number of carbonyl (C=O) groups excluding carboxylic acids is 1. The smallest absolute Gasteiger partial charge is 0.293 e. The number of nitrogens with one attached hydrogen (secondary N) is 1. The normalized spacial score (nSPS) is 12.4. The maximum atomic E-state index is 11.4. The summed E-state index contributed by atoms with van der Waals surface area (Å²) in [6.45, 7) is 2.59. The maximum absolute atomic E-state index is 11.4. The van der Waals surface area contributed by atoms with Crippen LogP contribution in [0.25, 0.3) is 0 Å². The van der Waals surface area contributed by atoms with Gasteiger partial charge in [-0.2, -0.15) is 0 Å². The van der Waals surface area contributed by atoms with Crippen LogP contribution in [0.4, 0.5) is 0 Å². The van der Waals surface area contributed by atoms with Crippen molar-refractivity contribution in [3.05, 3.63) is 53.3 Å². The SMILES string of the molecule is NS(=O)(=O)c1cccc(CCCOCCCCCCCNCC(O)c2ccc(O)c(COC=O)n2)c1. The van der Waals surface area contributed by atoms with E-state index in [1.165, 1.54) is 12.1 Å². The molecule has 200 valence electrons. The van der Waals surface area contributed by atoms with Crippen LogP contribution in [0.5, 0.6) is 5.75 Å². The number of nitrogens with zero attached hydrogens (tertiary/aromatic N) is 1. The van der Waals surface area contributed by atoms with Crippen molar-refractivity contribution in [2.75, 3.05) is 26.3 Å². The second-order valence-electron chi connectivity index (χ2n) is 8.51. The minimum absolute atomic E-state index is 0.0840. The average molecular weight is 524 g/mol. The number of primary sulfonamides is 1. The van der Waals surface area contributed by atoms with Crippen LogP contribution in [0.2, 0.25) is 0 Å². The molecule has 0 bridgehead atoms. The zero-order chi connectivity index (χ0) is 26.2. The fourth-order valence-electron chi connectivity index (χ4n) is 3.60. The first-order valence-corrected chi connectivity index (χ1v) is 13.7. The van der Waals surface area contributed by atoms with Crippen molar-refractivity contribution in [1.29, 1.82) is 0 Å². The van der Waals surface area contributed by atoms with Crippen LogP contribution in [0, 0.1) is 0 Å². The van der Waals surface area contributed by atoms with Gasteiger partial charge in [0.15, 0.2) is 0 Å². The summed E-state index contributed by atoms with van der Waals surface area (Å²) >= 11 is 0. The molecule has 1 unspecified atom stereocenters. The van der Waals surface area contributed by atoms with Crippen molar-refractivity contribution in [3.8, 4) is 5.75 Å². The molecule has 0 amide bonds. The summed E-state index contributed by atoms with van der Waals surface area (Å²) in [5, 5.41) is 28.4. The second-order valence-corrected chi connectivity index (χ2v) is 10.1. The number of aromatic hydroxyl groups is 1. The van der Waals surface area contributed by atoms with Gasteiger partial charge in [-0.05, 0) is 62.1 Å². The summed E-state index contributed by atoms with van der Waals surface area (Å²) in [4.78, 5) is 14.6. The van der Waals surface area contributed by atoms with Gasteiger partial charge >= 0.3 is 0 Å². The molecule has 2 rings (SSSR count). The Bertz CT molecular complexity index is 1030. The Labute approximate surface area is 212 Å². The molecule has 1 aromatic heterocycles. The van der Waals surface area contributed by atoms with Crippen molar-refractivity contribution in [3.63, 3.8) is 0 Å². The van der Waals surface area contributed by atoms with E-state index in [1.54, 1.807) is 18.2 Å². The zero-order valence-corrected chi connectivity index (χ0v) is 21.3. The number of sulfonamides is 1. The Morgan fingerprint density at radius 1 is 1.06 bits per heavy atom. The summed E-state index contributed by atoms with van der Waals surface area (Å²) in [6.07, 6.45) is 5.99. The number of nitrogens with two attached hydrogens (primary N) is 1. The van der Waals surface area contributed by atoms with Gasteiger partial charge in [0.1, 0.15) is 24.2 Å². The van der Waals surface area contributed by atoms with Crippen LogP contribution >= 0.6 is 0 Å². The van der Waals surface area contributed by atoms with Gasteiger partial charge < -0.3 is 25.0 Å². The third-order valence-electron chi connectivity index (χ3n) is 5.56. The highest BCUT2D eigenvalue weighted by Crippen LogP contribution is 2.19. The predicted octanol–water partition coefficient (Wildman–Crippen LogP) is 2.33. The number of aryl methyl sites for hydroxylation is 1. The number of benzene rings is 1. The molecule has 10 nitrogen and oxygen atoms in total. The molecule has 1 aromatic carbocycles. The van der Waals surface area contributed by atoms with Gasteiger partial charge in [0.05, 0.1) is 10.6 Å². The highest BCUT2D eigenvalue weighted by molar-refractivity contribution is 7.89. The van der Waals surface area contributed by atoms with E-state index in [0.717, 1.165) is 57.1 Å². The molecule has 5 N–H and O–H groups in total. The van der Waals surface area contributed by atoms with Gasteiger partial charge in [-0.3, -0.25) is 4.79 Å². The molecule has 1 heterocycles. The summed E-state index contributed by atoms with van der Waals surface area (Å²) in [5.74, 6) is -0.0840. The Kier molecular flexibility index (Phi) is 13.4. The fourth-order valence-corrected chi connectivity index (χ4v) is 4.19. The third kappa shape index (κ3) is 11.4. The first-order valence-electron chi connectivity index (χ1n) is 12.1. The molecule has 11 heteroatoms. The molecule has 0 fully saturated rings. The van der Waals surface area contributed by atoms with E-state index in [-0.39, 0.29) is 29.4 Å². The first kappa shape index (κ1) is 29.7. The molecule has 2 aromatic rings. The zero-order valence-electron chi connectivity index (χ0n) is 20.5. The molecule has 1 atom stereocenters. The number of aliphatic hydroxyl groups is 1. The van der Waals surface area contributed by atoms with E-state index >= 15 is 0 Å². The van der Waals surface area contributed by atoms with Crippen molar-refractivity contribution >= 4 is 16.5 Å². The van der Waals surface area contributed by atoms with E-state index in [2.05, 4.69) is 15.0 Å². The summed E-state index contributed by atoms with van der Waals surface area (Å²) < 4.78 is 33.1. The van der Waals surface area contributed by atoms with Gasteiger partial charge in [-0.15, -0.1) is 0 Å². The van der Waals surface area contributed by atoms with Crippen LogP contribution < -0.4 is 10.5 Å². The number of ether oxygens (including phenoxy) is 2. The number of hydrogen-bond acceptors (Lipinski definition) is 9. The van der Waals surface area contributed by atoms with Crippen LogP contribution in [0.15, 0.2) is 41.3 Å². The standard InChI is InChI=1S/C25H37N3O7S/c26-36(32,33)21-10-6-8-20(16-21)9-7-15-34-14-5-3-1-2-4-13-27-17-25(31)22-11-12-24(30)23(28-22)18-35-19-29/h6,8,10-12,16,19,25,27,30-31H,1-5,7,9,13-15,17-18H2,(H2,26,32,33). The average Bonchev–Trinajstić information content (AvgIpc) is 2.85. The van der Waals surface area contributed by atoms with Gasteiger partial charge in [-0.25, -0.2) is 18.5 Å². The van der Waals surface area contributed by atoms with Crippen molar-refractivity contribution in [1.82, 2.24) is 10.3 Å². The van der Waals surface area contributed by atoms with Crippen molar-refractivity contribution in [2.45, 2.75) is 62.6 Å². The van der Waals surface area contributed by atoms with E-state index in [9.17, 15) is 23.4 Å². The molecule has 0 radical (unpaired) electrons. The number of aromatic nitrogens is 1. The Hall–Kier alpha value is -2.57. The fraction of sp³-hybridized carbons (Fsp3) is 0.520. The van der Waals surface area contributed by atoms with Gasteiger partial charge in [0, 0.05) is 19.8 Å². The predicted molar refractivity (Wildman–Crippen MR) is 135 cm³/mol. The Morgan fingerprint density at radius 2 is 1.81 bits per heavy atom. The lowest BCUT2D eigenvalue weighted by molar-refractivity contribution is -0.129. The quantitative estimate of drug-likeness (QED) is 0.160. The minimum atomic E-state index is -3.67. The van der Waals surface area contributed by atoms with Crippen LogP contribution in [-0.4, -0.2) is 56.4 Å². The Morgan fingerprint density at radius 3 is 2.58 bits per heavy atom. The largest absolute Gasteiger partial charge is 0.506 e. The first-order chi connectivity index (χ1) is 17.3. The van der Waals surface area contributed by atoms with E-state index < -0.39 is 16.1 Å². The summed E-state index contributed by atoms with van der Waals surface area (Å²) in [7, 11) is -3.67. The molecule has 36 heavy (non-hydrogen) atoms. The van der Waals surface area contributed by atoms with E-state index in [0.29, 0.717) is 25.5 Å². The molecular formula is C25H37N3O7S. The van der Waals surface area contributed by atoms with Crippen LogP contribution in [0.1, 0.15) is 61.6 Å². The number of aliphatic hydroxyl groups excluding tert-OH is 1.